The Morgan fingerprint density at radius 3 is 2.85 bits per heavy atom. The molecule has 0 spiro atoms. The van der Waals surface area contributed by atoms with Gasteiger partial charge in [-0.15, -0.1) is 0 Å². The maximum atomic E-state index is 11.5. The Morgan fingerprint density at radius 2 is 2.04 bits per heavy atom. The minimum Gasteiger partial charge on any atom is -0.497 e. The molecule has 0 aliphatic carbocycles. The quantitative estimate of drug-likeness (QED) is 0.709. The summed E-state index contributed by atoms with van der Waals surface area (Å²) in [4.78, 5) is 13.8. The van der Waals surface area contributed by atoms with Crippen LogP contribution in [-0.4, -0.2) is 50.8 Å². The Morgan fingerprint density at radius 1 is 1.23 bits per heavy atom. The number of methoxy groups -OCH3 is 1. The van der Waals surface area contributed by atoms with Crippen LogP contribution in [0.5, 0.6) is 5.75 Å². The number of hydrogen-bond acceptors (Lipinski definition) is 5. The van der Waals surface area contributed by atoms with Crippen LogP contribution in [0.4, 0.5) is 0 Å². The molecule has 2 aromatic rings. The van der Waals surface area contributed by atoms with E-state index in [1.165, 1.54) is 10.9 Å². The highest BCUT2D eigenvalue weighted by atomic mass is 16.5. The van der Waals surface area contributed by atoms with Crippen molar-refractivity contribution in [3.05, 3.63) is 42.0 Å². The molecule has 0 bridgehead atoms. The van der Waals surface area contributed by atoms with Gasteiger partial charge in [-0.2, -0.15) is 0 Å². The summed E-state index contributed by atoms with van der Waals surface area (Å²) in [5.74, 6) is 0.759. The van der Waals surface area contributed by atoms with Crippen molar-refractivity contribution < 1.29 is 19.0 Å². The van der Waals surface area contributed by atoms with Gasteiger partial charge in [-0.3, -0.25) is 9.69 Å². The van der Waals surface area contributed by atoms with E-state index >= 15 is 0 Å². The lowest BCUT2D eigenvalue weighted by molar-refractivity contribution is -0.143. The number of fused-ring (bicyclic) bond motifs is 1. The van der Waals surface area contributed by atoms with Gasteiger partial charge >= 0.3 is 5.97 Å². The Hall–Kier alpha value is -2.11. The lowest BCUT2D eigenvalue weighted by atomic mass is 10.0. The van der Waals surface area contributed by atoms with Crippen LogP contribution in [0, 0.1) is 0 Å². The van der Waals surface area contributed by atoms with Gasteiger partial charge < -0.3 is 14.2 Å². The second-order valence-corrected chi connectivity index (χ2v) is 6.54. The summed E-state index contributed by atoms with van der Waals surface area (Å²) in [7, 11) is 1.68. The lowest BCUT2D eigenvalue weighted by Gasteiger charge is -2.33. The summed E-state index contributed by atoms with van der Waals surface area (Å²) < 4.78 is 16.3. The molecule has 26 heavy (non-hydrogen) atoms. The van der Waals surface area contributed by atoms with E-state index in [0.717, 1.165) is 37.2 Å². The molecule has 1 atom stereocenters. The van der Waals surface area contributed by atoms with Crippen LogP contribution in [0.15, 0.2) is 36.4 Å². The van der Waals surface area contributed by atoms with Crippen LogP contribution in [0.25, 0.3) is 10.8 Å². The first kappa shape index (κ1) is 18.7. The van der Waals surface area contributed by atoms with E-state index in [-0.39, 0.29) is 12.1 Å². The highest BCUT2D eigenvalue weighted by Crippen LogP contribution is 2.28. The zero-order valence-corrected chi connectivity index (χ0v) is 15.6. The summed E-state index contributed by atoms with van der Waals surface area (Å²) in [6.07, 6.45) is 1.37. The molecule has 5 heteroatoms. The van der Waals surface area contributed by atoms with Gasteiger partial charge in [0.25, 0.3) is 0 Å². The fourth-order valence-electron chi connectivity index (χ4n) is 3.36. The molecule has 0 amide bonds. The first-order valence-corrected chi connectivity index (χ1v) is 9.27. The number of rotatable bonds is 7. The second kappa shape index (κ2) is 9.01. The van der Waals surface area contributed by atoms with Crippen LogP contribution in [0.2, 0.25) is 0 Å². The third kappa shape index (κ3) is 4.74. The third-order valence-electron chi connectivity index (χ3n) is 4.75. The fraction of sp³-hybridized carbons (Fsp3) is 0.476. The predicted molar refractivity (Wildman–Crippen MR) is 102 cm³/mol. The number of esters is 1. The Balaban J connectivity index is 1.60. The van der Waals surface area contributed by atoms with Gasteiger partial charge in [0.15, 0.2) is 0 Å². The maximum Gasteiger partial charge on any atom is 0.305 e. The van der Waals surface area contributed by atoms with Crippen LogP contribution >= 0.6 is 0 Å². The minimum atomic E-state index is -0.109. The van der Waals surface area contributed by atoms with Gasteiger partial charge in [-0.05, 0) is 54.4 Å². The van der Waals surface area contributed by atoms with Crippen LogP contribution < -0.4 is 4.74 Å². The molecule has 0 unspecified atom stereocenters. The smallest absolute Gasteiger partial charge is 0.305 e. The monoisotopic (exact) mass is 357 g/mol. The number of morpholine rings is 1. The van der Waals surface area contributed by atoms with Gasteiger partial charge in [0.05, 0.1) is 26.4 Å². The predicted octanol–water partition coefficient (Wildman–Crippen LogP) is 3.57. The summed E-state index contributed by atoms with van der Waals surface area (Å²) in [5, 5.41) is 2.35. The zero-order valence-electron chi connectivity index (χ0n) is 15.6. The first-order valence-electron chi connectivity index (χ1n) is 9.27. The molecule has 3 rings (SSSR count). The molecule has 1 aliphatic heterocycles. The average molecular weight is 357 g/mol. The van der Waals surface area contributed by atoms with E-state index in [9.17, 15) is 4.79 Å². The van der Waals surface area contributed by atoms with Gasteiger partial charge in [0.1, 0.15) is 5.75 Å². The van der Waals surface area contributed by atoms with E-state index in [0.29, 0.717) is 19.6 Å². The van der Waals surface area contributed by atoms with Crippen molar-refractivity contribution in [2.24, 2.45) is 0 Å². The lowest BCUT2D eigenvalue weighted by Crippen LogP contribution is -2.39. The van der Waals surface area contributed by atoms with Crippen LogP contribution in [0.3, 0.4) is 0 Å². The molecule has 1 heterocycles. The normalized spacial score (nSPS) is 18.0. The molecule has 0 radical (unpaired) electrons. The molecule has 2 aromatic carbocycles. The fourth-order valence-corrected chi connectivity index (χ4v) is 3.36. The van der Waals surface area contributed by atoms with Gasteiger partial charge in [-0.1, -0.05) is 18.2 Å². The molecular formula is C21H27NO4. The average Bonchev–Trinajstić information content (AvgIpc) is 2.67. The number of nitrogens with zero attached hydrogens (tertiary/aromatic N) is 1. The van der Waals surface area contributed by atoms with Crippen molar-refractivity contribution in [1.29, 1.82) is 0 Å². The van der Waals surface area contributed by atoms with Gasteiger partial charge in [-0.25, -0.2) is 0 Å². The van der Waals surface area contributed by atoms with E-state index in [1.807, 2.05) is 19.1 Å². The number of ether oxygens (including phenoxy) is 3. The molecule has 5 nitrogen and oxygen atoms in total. The summed E-state index contributed by atoms with van der Waals surface area (Å²) in [6.45, 7) is 5.65. The Labute approximate surface area is 154 Å². The molecule has 0 saturated carbocycles. The molecule has 1 aliphatic rings. The molecule has 0 aromatic heterocycles. The number of benzene rings is 2. The summed E-state index contributed by atoms with van der Waals surface area (Å²) in [6, 6.07) is 12.6. The van der Waals surface area contributed by atoms with E-state index in [2.05, 4.69) is 29.2 Å². The first-order chi connectivity index (χ1) is 12.7. The van der Waals surface area contributed by atoms with Gasteiger partial charge in [0.2, 0.25) is 0 Å². The van der Waals surface area contributed by atoms with Crippen LogP contribution in [-0.2, 0) is 14.3 Å². The summed E-state index contributed by atoms with van der Waals surface area (Å²) in [5.41, 5.74) is 1.19. The second-order valence-electron chi connectivity index (χ2n) is 6.54. The molecule has 1 fully saturated rings. The standard InChI is InChI=1S/C21H27NO4/c1-3-25-21(23)5-4-10-22-11-12-26-20(15-22)18-7-6-17-14-19(24-2)9-8-16(17)13-18/h6-9,13-14,20H,3-5,10-12,15H2,1-2H3/t20-/m0/s1. The van der Waals surface area contributed by atoms with Crippen LogP contribution in [0.1, 0.15) is 31.4 Å². The topological polar surface area (TPSA) is 48.0 Å². The highest BCUT2D eigenvalue weighted by molar-refractivity contribution is 5.84. The molecule has 0 N–H and O–H groups in total. The van der Waals surface area contributed by atoms with E-state index in [4.69, 9.17) is 14.2 Å². The van der Waals surface area contributed by atoms with Crippen molar-refractivity contribution >= 4 is 16.7 Å². The van der Waals surface area contributed by atoms with Gasteiger partial charge in [0, 0.05) is 19.5 Å². The van der Waals surface area contributed by atoms with E-state index < -0.39 is 0 Å². The van der Waals surface area contributed by atoms with Crippen molar-refractivity contribution in [3.8, 4) is 5.75 Å². The molecule has 140 valence electrons. The van der Waals surface area contributed by atoms with E-state index in [1.54, 1.807) is 7.11 Å². The number of carbonyl (C=O) groups is 1. The maximum absolute atomic E-state index is 11.5. The summed E-state index contributed by atoms with van der Waals surface area (Å²) >= 11 is 0. The molecular weight excluding hydrogens is 330 g/mol. The zero-order chi connectivity index (χ0) is 18.4. The van der Waals surface area contributed by atoms with Crippen molar-refractivity contribution in [1.82, 2.24) is 4.90 Å². The van der Waals surface area contributed by atoms with Crippen molar-refractivity contribution in [2.75, 3.05) is 40.0 Å². The SMILES string of the molecule is CCOC(=O)CCCN1CCO[C@H](c2ccc3cc(OC)ccc3c2)C1. The minimum absolute atomic E-state index is 0.0674. The largest absolute Gasteiger partial charge is 0.497 e. The van der Waals surface area contributed by atoms with Crippen molar-refractivity contribution in [3.63, 3.8) is 0 Å². The highest BCUT2D eigenvalue weighted by Gasteiger charge is 2.22. The Bertz CT molecular complexity index is 746. The third-order valence-corrected chi connectivity index (χ3v) is 4.75. The Kier molecular flexibility index (Phi) is 6.47. The number of carbonyl (C=O) groups excluding carboxylic acids is 1. The molecule has 1 saturated heterocycles. The number of hydrogen-bond donors (Lipinski definition) is 0. The van der Waals surface area contributed by atoms with Crippen molar-refractivity contribution in [2.45, 2.75) is 25.9 Å².